The van der Waals surface area contributed by atoms with Crippen molar-refractivity contribution < 1.29 is 0 Å². The Labute approximate surface area is 130 Å². The molecule has 0 spiro atoms. The maximum Gasteiger partial charge on any atom is 0.0412 e. The number of benzene rings is 1. The van der Waals surface area contributed by atoms with Crippen molar-refractivity contribution in [2.24, 2.45) is 5.92 Å². The SMILES string of the molecule is CCC1CNC(CC(C)C)CN1c1ccccc1C(C)C. The van der Waals surface area contributed by atoms with Crippen molar-refractivity contribution in [1.29, 1.82) is 0 Å². The lowest BCUT2D eigenvalue weighted by atomic mass is 9.95. The third-order valence-electron chi connectivity index (χ3n) is 4.60. The molecule has 2 unspecified atom stereocenters. The summed E-state index contributed by atoms with van der Waals surface area (Å²) >= 11 is 0. The molecule has 1 aliphatic heterocycles. The topological polar surface area (TPSA) is 15.3 Å². The summed E-state index contributed by atoms with van der Waals surface area (Å²) in [4.78, 5) is 2.67. The molecule has 2 atom stereocenters. The second-order valence-corrected chi connectivity index (χ2v) is 7.16. The number of nitrogens with one attached hydrogen (secondary N) is 1. The van der Waals surface area contributed by atoms with Crippen molar-refractivity contribution in [3.8, 4) is 0 Å². The number of anilines is 1. The van der Waals surface area contributed by atoms with Gasteiger partial charge in [0.05, 0.1) is 0 Å². The second-order valence-electron chi connectivity index (χ2n) is 7.16. The number of hydrogen-bond acceptors (Lipinski definition) is 2. The summed E-state index contributed by atoms with van der Waals surface area (Å²) in [6, 6.07) is 10.2. The average Bonchev–Trinajstić information content (AvgIpc) is 2.46. The highest BCUT2D eigenvalue weighted by Gasteiger charge is 2.28. The van der Waals surface area contributed by atoms with E-state index in [4.69, 9.17) is 0 Å². The molecule has 118 valence electrons. The predicted octanol–water partition coefficient (Wildman–Crippen LogP) is 4.41. The monoisotopic (exact) mass is 288 g/mol. The van der Waals surface area contributed by atoms with Gasteiger partial charge in [-0.15, -0.1) is 0 Å². The van der Waals surface area contributed by atoms with Gasteiger partial charge in [0, 0.05) is 30.9 Å². The Kier molecular flexibility index (Phi) is 5.69. The first-order chi connectivity index (χ1) is 10.0. The van der Waals surface area contributed by atoms with Gasteiger partial charge >= 0.3 is 0 Å². The molecule has 1 aromatic rings. The zero-order valence-electron chi connectivity index (χ0n) is 14.4. The molecule has 2 heteroatoms. The molecule has 0 aliphatic carbocycles. The van der Waals surface area contributed by atoms with Crippen LogP contribution in [0.15, 0.2) is 24.3 Å². The molecule has 1 N–H and O–H groups in total. The van der Waals surface area contributed by atoms with Crippen molar-refractivity contribution in [1.82, 2.24) is 5.32 Å². The minimum atomic E-state index is 0.581. The molecule has 0 saturated carbocycles. The molecular formula is C19H32N2. The zero-order valence-corrected chi connectivity index (χ0v) is 14.4. The van der Waals surface area contributed by atoms with E-state index in [1.807, 2.05) is 0 Å². The highest BCUT2D eigenvalue weighted by molar-refractivity contribution is 5.56. The van der Waals surface area contributed by atoms with Crippen LogP contribution >= 0.6 is 0 Å². The summed E-state index contributed by atoms with van der Waals surface area (Å²) in [5, 5.41) is 3.76. The van der Waals surface area contributed by atoms with Gasteiger partial charge in [-0.3, -0.25) is 0 Å². The number of para-hydroxylation sites is 1. The molecule has 0 aromatic heterocycles. The van der Waals surface area contributed by atoms with Gasteiger partial charge in [-0.25, -0.2) is 0 Å². The molecule has 1 aliphatic rings. The summed E-state index contributed by atoms with van der Waals surface area (Å²) in [7, 11) is 0. The van der Waals surface area contributed by atoms with E-state index < -0.39 is 0 Å². The van der Waals surface area contributed by atoms with Crippen LogP contribution < -0.4 is 10.2 Å². The van der Waals surface area contributed by atoms with Crippen molar-refractivity contribution in [3.63, 3.8) is 0 Å². The summed E-state index contributed by atoms with van der Waals surface area (Å²) < 4.78 is 0. The Bertz CT molecular complexity index is 439. The van der Waals surface area contributed by atoms with Gasteiger partial charge in [0.2, 0.25) is 0 Å². The third kappa shape index (κ3) is 4.00. The van der Waals surface area contributed by atoms with Crippen LogP contribution in [0.4, 0.5) is 5.69 Å². The zero-order chi connectivity index (χ0) is 15.4. The summed E-state index contributed by atoms with van der Waals surface area (Å²) in [6.45, 7) is 13.8. The Morgan fingerprint density at radius 1 is 1.19 bits per heavy atom. The van der Waals surface area contributed by atoms with Crippen LogP contribution in [0.3, 0.4) is 0 Å². The van der Waals surface area contributed by atoms with Crippen molar-refractivity contribution in [3.05, 3.63) is 29.8 Å². The minimum Gasteiger partial charge on any atom is -0.365 e. The van der Waals surface area contributed by atoms with Gasteiger partial charge in [0.25, 0.3) is 0 Å². The lowest BCUT2D eigenvalue weighted by Gasteiger charge is -2.43. The molecule has 21 heavy (non-hydrogen) atoms. The second kappa shape index (κ2) is 7.31. The number of nitrogens with zero attached hydrogens (tertiary/aromatic N) is 1. The van der Waals surface area contributed by atoms with E-state index >= 15 is 0 Å². The summed E-state index contributed by atoms with van der Waals surface area (Å²) in [6.07, 6.45) is 2.46. The minimum absolute atomic E-state index is 0.581. The van der Waals surface area contributed by atoms with Crippen LogP contribution in [0.5, 0.6) is 0 Å². The fourth-order valence-electron chi connectivity index (χ4n) is 3.49. The van der Waals surface area contributed by atoms with Gasteiger partial charge in [0.1, 0.15) is 0 Å². The van der Waals surface area contributed by atoms with E-state index in [1.54, 1.807) is 0 Å². The van der Waals surface area contributed by atoms with Crippen LogP contribution in [-0.2, 0) is 0 Å². The lowest BCUT2D eigenvalue weighted by molar-refractivity contribution is 0.343. The number of piperazine rings is 1. The first kappa shape index (κ1) is 16.4. The van der Waals surface area contributed by atoms with Crippen molar-refractivity contribution >= 4 is 5.69 Å². The van der Waals surface area contributed by atoms with Crippen molar-refractivity contribution in [2.75, 3.05) is 18.0 Å². The number of rotatable bonds is 5. The molecule has 2 nitrogen and oxygen atoms in total. The van der Waals surface area contributed by atoms with Crippen LogP contribution in [0.2, 0.25) is 0 Å². The van der Waals surface area contributed by atoms with E-state index in [9.17, 15) is 0 Å². The Morgan fingerprint density at radius 3 is 2.52 bits per heavy atom. The average molecular weight is 288 g/mol. The normalized spacial score (nSPS) is 23.1. The van der Waals surface area contributed by atoms with Gasteiger partial charge in [-0.1, -0.05) is 52.8 Å². The smallest absolute Gasteiger partial charge is 0.0412 e. The molecule has 2 rings (SSSR count). The molecular weight excluding hydrogens is 256 g/mol. The molecule has 0 radical (unpaired) electrons. The van der Waals surface area contributed by atoms with E-state index in [1.165, 1.54) is 24.1 Å². The van der Waals surface area contributed by atoms with Crippen LogP contribution in [-0.4, -0.2) is 25.2 Å². The summed E-state index contributed by atoms with van der Waals surface area (Å²) in [5.41, 5.74) is 2.94. The molecule has 1 saturated heterocycles. The largest absolute Gasteiger partial charge is 0.365 e. The maximum absolute atomic E-state index is 3.76. The van der Waals surface area contributed by atoms with Crippen LogP contribution in [0, 0.1) is 5.92 Å². The van der Waals surface area contributed by atoms with E-state index in [-0.39, 0.29) is 0 Å². The third-order valence-corrected chi connectivity index (χ3v) is 4.60. The molecule has 0 amide bonds. The quantitative estimate of drug-likeness (QED) is 0.863. The molecule has 1 aromatic carbocycles. The Balaban J connectivity index is 2.25. The fourth-order valence-corrected chi connectivity index (χ4v) is 3.49. The van der Waals surface area contributed by atoms with Crippen LogP contribution in [0.25, 0.3) is 0 Å². The van der Waals surface area contributed by atoms with E-state index in [2.05, 4.69) is 69.1 Å². The van der Waals surface area contributed by atoms with Crippen molar-refractivity contribution in [2.45, 2.75) is 65.5 Å². The van der Waals surface area contributed by atoms with Gasteiger partial charge in [-0.2, -0.15) is 0 Å². The Hall–Kier alpha value is -1.02. The first-order valence-corrected chi connectivity index (χ1v) is 8.61. The fraction of sp³-hybridized carbons (Fsp3) is 0.684. The summed E-state index contributed by atoms with van der Waals surface area (Å²) in [5.74, 6) is 1.33. The molecule has 1 heterocycles. The number of hydrogen-bond donors (Lipinski definition) is 1. The maximum atomic E-state index is 3.76. The van der Waals surface area contributed by atoms with Gasteiger partial charge in [0.15, 0.2) is 0 Å². The Morgan fingerprint density at radius 2 is 1.90 bits per heavy atom. The lowest BCUT2D eigenvalue weighted by Crippen LogP contribution is -2.57. The van der Waals surface area contributed by atoms with Crippen LogP contribution in [0.1, 0.15) is 58.9 Å². The molecule has 1 fully saturated rings. The first-order valence-electron chi connectivity index (χ1n) is 8.61. The van der Waals surface area contributed by atoms with Gasteiger partial charge in [-0.05, 0) is 36.3 Å². The van der Waals surface area contributed by atoms with Gasteiger partial charge < -0.3 is 10.2 Å². The molecule has 0 bridgehead atoms. The highest BCUT2D eigenvalue weighted by Crippen LogP contribution is 2.31. The predicted molar refractivity (Wildman–Crippen MR) is 93.2 cm³/mol. The van der Waals surface area contributed by atoms with E-state index in [0.29, 0.717) is 18.0 Å². The standard InChI is InChI=1S/C19H32N2/c1-6-17-12-20-16(11-14(2)3)13-21(17)19-10-8-7-9-18(19)15(4)5/h7-10,14-17,20H,6,11-13H2,1-5H3. The highest BCUT2D eigenvalue weighted by atomic mass is 15.2. The van der Waals surface area contributed by atoms with E-state index in [0.717, 1.165) is 19.0 Å².